The van der Waals surface area contributed by atoms with Crippen LogP contribution in [0.3, 0.4) is 0 Å². The van der Waals surface area contributed by atoms with Crippen LogP contribution in [0.2, 0.25) is 0 Å². The van der Waals surface area contributed by atoms with E-state index in [2.05, 4.69) is 20.4 Å². The van der Waals surface area contributed by atoms with Crippen LogP contribution in [0.4, 0.5) is 18.9 Å². The maximum Gasteiger partial charge on any atom is 0.417 e. The smallest absolute Gasteiger partial charge is 0.417 e. The molecule has 0 spiro atoms. The zero-order chi connectivity index (χ0) is 23.9. The molecule has 13 heteroatoms. The molecule has 0 bridgehead atoms. The Morgan fingerprint density at radius 2 is 2.12 bits per heavy atom. The van der Waals surface area contributed by atoms with Crippen LogP contribution in [0.1, 0.15) is 12.5 Å². The van der Waals surface area contributed by atoms with E-state index in [-0.39, 0.29) is 38.2 Å². The number of thiophene rings is 1. The highest BCUT2D eigenvalue weighted by molar-refractivity contribution is 7.93. The maximum absolute atomic E-state index is 14.1. The van der Waals surface area contributed by atoms with E-state index in [1.54, 1.807) is 24.0 Å². The Balaban J connectivity index is 1.96. The number of carbonyl (C=O) groups is 1. The molecule has 33 heavy (non-hydrogen) atoms. The summed E-state index contributed by atoms with van der Waals surface area (Å²) in [6.07, 6.45) is -1.64. The lowest BCUT2D eigenvalue weighted by atomic mass is 10.1. The molecule has 4 rings (SSSR count). The van der Waals surface area contributed by atoms with Crippen LogP contribution in [-0.4, -0.2) is 49.7 Å². The van der Waals surface area contributed by atoms with Crippen LogP contribution in [0, 0.1) is 0 Å². The molecule has 0 radical (unpaired) electrons. The first kappa shape index (κ1) is 23.4. The van der Waals surface area contributed by atoms with Gasteiger partial charge >= 0.3 is 6.18 Å². The second-order valence-electron chi connectivity index (χ2n) is 7.16. The summed E-state index contributed by atoms with van der Waals surface area (Å²) in [5.41, 5.74) is -0.233. The third-order valence-electron chi connectivity index (χ3n) is 4.69. The molecule has 1 atom stereocenters. The van der Waals surface area contributed by atoms with E-state index in [0.717, 1.165) is 17.4 Å². The number of amides is 1. The molecule has 1 unspecified atom stereocenters. The van der Waals surface area contributed by atoms with Gasteiger partial charge in [0.15, 0.2) is 5.65 Å². The van der Waals surface area contributed by atoms with Crippen LogP contribution in [-0.2, 0) is 33.9 Å². The number of nitrogens with zero attached hydrogens (tertiary/aromatic N) is 4. The largest absolute Gasteiger partial charge is 0.611 e. The minimum Gasteiger partial charge on any atom is -0.611 e. The highest BCUT2D eigenvalue weighted by atomic mass is 32.2. The molecule has 4 heterocycles. The monoisotopic (exact) mass is 497 g/mol. The van der Waals surface area contributed by atoms with E-state index in [1.807, 2.05) is 0 Å². The number of hydrogen-bond donors (Lipinski definition) is 1. The van der Waals surface area contributed by atoms with Gasteiger partial charge in [-0.2, -0.15) is 18.3 Å². The average Bonchev–Trinajstić information content (AvgIpc) is 3.29. The Labute approximate surface area is 193 Å². The fourth-order valence-corrected chi connectivity index (χ4v) is 5.96. The summed E-state index contributed by atoms with van der Waals surface area (Å²) in [6, 6.07) is 2.57. The van der Waals surface area contributed by atoms with Crippen molar-refractivity contribution in [2.45, 2.75) is 17.3 Å². The molecule has 0 aliphatic heterocycles. The molecule has 4 aromatic heterocycles. The van der Waals surface area contributed by atoms with Crippen molar-refractivity contribution in [3.63, 3.8) is 0 Å². The number of methoxy groups -OCH3 is 1. The molecular formula is C20H18F3N5O3S2. The van der Waals surface area contributed by atoms with Gasteiger partial charge in [0, 0.05) is 55.6 Å². The van der Waals surface area contributed by atoms with Crippen molar-refractivity contribution < 1.29 is 27.3 Å². The molecule has 0 aliphatic carbocycles. The topological polar surface area (TPSA) is 105 Å². The third kappa shape index (κ3) is 4.67. The van der Waals surface area contributed by atoms with E-state index in [0.29, 0.717) is 16.6 Å². The summed E-state index contributed by atoms with van der Waals surface area (Å²) < 4.78 is 61.8. The third-order valence-corrected chi connectivity index (χ3v) is 7.53. The second kappa shape index (κ2) is 8.89. The predicted octanol–water partition coefficient (Wildman–Crippen LogP) is 3.98. The molecular weight excluding hydrogens is 479 g/mol. The minimum absolute atomic E-state index is 0.00984. The molecule has 0 saturated carbocycles. The normalized spacial score (nSPS) is 13.1. The number of anilines is 1. The Bertz CT molecular complexity index is 1350. The number of nitrogens with one attached hydrogen (secondary N) is 1. The van der Waals surface area contributed by atoms with Gasteiger partial charge in [0.05, 0.1) is 23.3 Å². The van der Waals surface area contributed by atoms with Crippen LogP contribution in [0.15, 0.2) is 28.7 Å². The highest BCUT2D eigenvalue weighted by Crippen LogP contribution is 2.46. The molecule has 0 aliphatic rings. The Hall–Kier alpha value is -2.74. The standard InChI is InChI=1S/C20H18F3N5O3S2/c1-10(29)25-16-15-13(20(21,22)23)7-14(11-6-12-9-28(2)27-17(12)24-8-11)26-18(15)32-19(16)33(30)5-4-31-3/h6-9H,4-5H2,1-3H3,(H,25,29). The predicted molar refractivity (Wildman–Crippen MR) is 120 cm³/mol. The van der Waals surface area contributed by atoms with Gasteiger partial charge in [-0.1, -0.05) is 11.3 Å². The fourth-order valence-electron chi connectivity index (χ4n) is 3.32. The number of rotatable bonds is 6. The molecule has 174 valence electrons. The Morgan fingerprint density at radius 1 is 1.36 bits per heavy atom. The van der Waals surface area contributed by atoms with Crippen LogP contribution in [0.5, 0.6) is 0 Å². The summed E-state index contributed by atoms with van der Waals surface area (Å²) >= 11 is -0.845. The van der Waals surface area contributed by atoms with Crippen LogP contribution >= 0.6 is 11.3 Å². The number of aromatic nitrogens is 4. The molecule has 1 N–H and O–H groups in total. The minimum atomic E-state index is -4.75. The lowest BCUT2D eigenvalue weighted by Gasteiger charge is -2.13. The fraction of sp³-hybridized carbons (Fsp3) is 0.300. The van der Waals surface area contributed by atoms with Gasteiger partial charge in [-0.3, -0.25) is 9.48 Å². The van der Waals surface area contributed by atoms with Crippen molar-refractivity contribution in [3.8, 4) is 11.3 Å². The van der Waals surface area contributed by atoms with Crippen molar-refractivity contribution >= 4 is 55.4 Å². The van der Waals surface area contributed by atoms with Crippen LogP contribution in [0.25, 0.3) is 32.5 Å². The second-order valence-corrected chi connectivity index (χ2v) is 9.93. The number of ether oxygens (including phenoxy) is 1. The van der Waals surface area contributed by atoms with Gasteiger partial charge in [-0.25, -0.2) is 9.97 Å². The quantitative estimate of drug-likeness (QED) is 0.404. The van der Waals surface area contributed by atoms with Crippen molar-refractivity contribution in [3.05, 3.63) is 30.1 Å². The molecule has 0 aromatic carbocycles. The molecule has 4 aromatic rings. The van der Waals surface area contributed by atoms with Crippen molar-refractivity contribution in [2.24, 2.45) is 7.05 Å². The number of hydrogen-bond acceptors (Lipinski definition) is 7. The number of alkyl halides is 3. The number of carbonyl (C=O) groups excluding carboxylic acids is 1. The molecule has 8 nitrogen and oxygen atoms in total. The van der Waals surface area contributed by atoms with Gasteiger partial charge in [0.2, 0.25) is 10.1 Å². The zero-order valence-corrected chi connectivity index (χ0v) is 19.3. The lowest BCUT2D eigenvalue weighted by Crippen LogP contribution is -2.15. The van der Waals surface area contributed by atoms with Gasteiger partial charge < -0.3 is 14.6 Å². The molecule has 1 amide bonds. The SMILES string of the molecule is COCC[S+]([O-])c1sc2nc(-c3cnc4nn(C)cc4c3)cc(C(F)(F)F)c2c1NC(C)=O. The number of halogens is 3. The first-order valence-electron chi connectivity index (χ1n) is 9.58. The lowest BCUT2D eigenvalue weighted by molar-refractivity contribution is -0.136. The van der Waals surface area contributed by atoms with Crippen LogP contribution < -0.4 is 5.32 Å². The van der Waals surface area contributed by atoms with E-state index in [9.17, 15) is 22.5 Å². The van der Waals surface area contributed by atoms with Gasteiger partial charge in [0.1, 0.15) is 16.3 Å². The summed E-state index contributed by atoms with van der Waals surface area (Å²) in [6.45, 7) is 1.32. The Kier molecular flexibility index (Phi) is 6.31. The average molecular weight is 498 g/mol. The summed E-state index contributed by atoms with van der Waals surface area (Å²) in [5.74, 6) is -0.519. The summed E-state index contributed by atoms with van der Waals surface area (Å²) in [7, 11) is 3.15. The van der Waals surface area contributed by atoms with Crippen molar-refractivity contribution in [1.29, 1.82) is 0 Å². The molecule has 0 saturated heterocycles. The highest BCUT2D eigenvalue weighted by Gasteiger charge is 2.38. The zero-order valence-electron chi connectivity index (χ0n) is 17.7. The first-order chi connectivity index (χ1) is 15.6. The van der Waals surface area contributed by atoms with Crippen molar-refractivity contribution in [2.75, 3.05) is 24.8 Å². The van der Waals surface area contributed by atoms with E-state index in [4.69, 9.17) is 4.74 Å². The maximum atomic E-state index is 14.1. The van der Waals surface area contributed by atoms with Gasteiger partial charge in [-0.15, -0.1) is 0 Å². The van der Waals surface area contributed by atoms with Gasteiger partial charge in [-0.05, 0) is 12.1 Å². The van der Waals surface area contributed by atoms with E-state index < -0.39 is 28.8 Å². The van der Waals surface area contributed by atoms with E-state index >= 15 is 0 Å². The number of pyridine rings is 2. The summed E-state index contributed by atoms with van der Waals surface area (Å²) in [4.78, 5) is 20.4. The molecule has 0 fully saturated rings. The van der Waals surface area contributed by atoms with E-state index in [1.165, 1.54) is 20.2 Å². The Morgan fingerprint density at radius 3 is 2.79 bits per heavy atom. The number of fused-ring (bicyclic) bond motifs is 2. The number of aryl methyl sites for hydroxylation is 1. The summed E-state index contributed by atoms with van der Waals surface area (Å²) in [5, 5.41) is 6.95. The van der Waals surface area contributed by atoms with Gasteiger partial charge in [0.25, 0.3) is 0 Å². The first-order valence-corrected chi connectivity index (χ1v) is 11.7. The van der Waals surface area contributed by atoms with Crippen molar-refractivity contribution in [1.82, 2.24) is 19.7 Å².